The van der Waals surface area contributed by atoms with Crippen molar-refractivity contribution in [2.75, 3.05) is 19.1 Å². The van der Waals surface area contributed by atoms with Crippen LogP contribution in [0.25, 0.3) is 0 Å². The van der Waals surface area contributed by atoms with E-state index < -0.39 is 9.84 Å². The van der Waals surface area contributed by atoms with E-state index in [1.54, 1.807) is 0 Å². The van der Waals surface area contributed by atoms with Crippen LogP contribution in [0, 0.1) is 6.92 Å². The van der Waals surface area contributed by atoms with E-state index in [4.69, 9.17) is 5.73 Å². The second kappa shape index (κ2) is 10.0. The Bertz CT molecular complexity index is 123. The van der Waals surface area contributed by atoms with Gasteiger partial charge in [0.1, 0.15) is 9.84 Å². The number of hydrogen-bond donors (Lipinski definition) is 1. The molecule has 0 aromatic carbocycles. The summed E-state index contributed by atoms with van der Waals surface area (Å²) in [5, 5.41) is 0. The molecule has 0 saturated carbocycles. The summed E-state index contributed by atoms with van der Waals surface area (Å²) < 4.78 is 19.3. The maximum atomic E-state index is 9.63. The van der Waals surface area contributed by atoms with Gasteiger partial charge in [-0.05, 0) is 6.54 Å². The Morgan fingerprint density at radius 3 is 1.50 bits per heavy atom. The van der Waals surface area contributed by atoms with Crippen LogP contribution in [0.1, 0.15) is 6.42 Å². The summed E-state index contributed by atoms with van der Waals surface area (Å²) in [5.74, 6) is 0. The second-order valence-electron chi connectivity index (χ2n) is 1.79. The molecule has 0 rings (SSSR count). The smallest absolute Gasteiger partial charge is 0.144 e. The third-order valence-corrected chi connectivity index (χ3v) is 0.204. The third-order valence-electron chi connectivity index (χ3n) is 0.204. The van der Waals surface area contributed by atoms with Gasteiger partial charge in [0.25, 0.3) is 0 Å². The zero-order valence-electron chi connectivity index (χ0n) is 6.50. The van der Waals surface area contributed by atoms with Gasteiger partial charge in [-0.15, -0.1) is 0 Å². The Kier molecular flexibility index (Phi) is 17.2. The summed E-state index contributed by atoms with van der Waals surface area (Å²) in [6.45, 7) is 4.19. The maximum Gasteiger partial charge on any atom is 0.144 e. The molecule has 61 valence electrons. The zero-order chi connectivity index (χ0) is 7.91. The quantitative estimate of drug-likeness (QED) is 0.648. The van der Waals surface area contributed by atoms with Crippen LogP contribution >= 0.6 is 0 Å². The molecule has 0 aliphatic carbocycles. The van der Waals surface area contributed by atoms with E-state index in [1.165, 1.54) is 0 Å². The molecule has 0 saturated heterocycles. The first-order chi connectivity index (χ1) is 3.91. The van der Waals surface area contributed by atoms with Crippen LogP contribution in [-0.2, 0) is 42.5 Å². The van der Waals surface area contributed by atoms with Gasteiger partial charge in [0, 0.05) is 45.2 Å². The number of sulfone groups is 1. The fourth-order valence-electron chi connectivity index (χ4n) is 0. The average Bonchev–Trinajstić information content (AvgIpc) is 1.61. The summed E-state index contributed by atoms with van der Waals surface area (Å²) >= 11 is 0. The second-order valence-corrected chi connectivity index (χ2v) is 4.07. The molecule has 0 aromatic rings. The van der Waals surface area contributed by atoms with Crippen LogP contribution in [0.5, 0.6) is 0 Å². The number of hydrogen-bond acceptors (Lipinski definition) is 3. The summed E-state index contributed by atoms with van der Waals surface area (Å²) in [7, 11) is -2.67. The molecule has 0 aliphatic heterocycles. The van der Waals surface area contributed by atoms with Crippen molar-refractivity contribution < 1.29 is 41.1 Å². The van der Waals surface area contributed by atoms with Crippen molar-refractivity contribution >= 4 is 9.84 Å². The van der Waals surface area contributed by atoms with Crippen LogP contribution in [-0.4, -0.2) is 27.5 Å². The minimum absolute atomic E-state index is 0. The van der Waals surface area contributed by atoms with Crippen molar-refractivity contribution in [1.29, 1.82) is 0 Å². The van der Waals surface area contributed by atoms with E-state index in [-0.39, 0.29) is 32.7 Å². The van der Waals surface area contributed by atoms with E-state index in [9.17, 15) is 8.42 Å². The SMILES string of the molecule is CS(C)(=O)=O.[CH2-]CCN.[Y]. The van der Waals surface area contributed by atoms with Gasteiger partial charge in [0.2, 0.25) is 0 Å². The molecule has 0 amide bonds. The molecule has 0 unspecified atom stereocenters. The van der Waals surface area contributed by atoms with Gasteiger partial charge in [-0.3, -0.25) is 0 Å². The Morgan fingerprint density at radius 1 is 1.40 bits per heavy atom. The van der Waals surface area contributed by atoms with Crippen molar-refractivity contribution in [2.24, 2.45) is 5.73 Å². The normalized spacial score (nSPS) is 8.80. The molecule has 0 bridgehead atoms. The summed E-state index contributed by atoms with van der Waals surface area (Å²) in [6.07, 6.45) is 3.17. The Hall–Kier alpha value is 1.01. The van der Waals surface area contributed by atoms with Crippen LogP contribution in [0.4, 0.5) is 0 Å². The number of rotatable bonds is 1. The molecule has 0 fully saturated rings. The number of nitrogens with two attached hydrogens (primary N) is 1. The van der Waals surface area contributed by atoms with Crippen molar-refractivity contribution in [3.05, 3.63) is 6.92 Å². The zero-order valence-corrected chi connectivity index (χ0v) is 10.2. The van der Waals surface area contributed by atoms with Crippen molar-refractivity contribution in [3.63, 3.8) is 0 Å². The average molecular weight is 241 g/mol. The summed E-state index contributed by atoms with van der Waals surface area (Å²) in [4.78, 5) is 0. The summed E-state index contributed by atoms with van der Waals surface area (Å²) in [6, 6.07) is 0. The first-order valence-corrected chi connectivity index (χ1v) is 4.86. The van der Waals surface area contributed by atoms with Gasteiger partial charge in [0.05, 0.1) is 0 Å². The monoisotopic (exact) mass is 241 g/mol. The van der Waals surface area contributed by atoms with Crippen molar-refractivity contribution in [1.82, 2.24) is 0 Å². The molecule has 3 nitrogen and oxygen atoms in total. The topological polar surface area (TPSA) is 60.2 Å². The first-order valence-electron chi connectivity index (χ1n) is 2.56. The van der Waals surface area contributed by atoms with Gasteiger partial charge in [0.15, 0.2) is 0 Å². The molecular formula is C5H14NO2SY-. The van der Waals surface area contributed by atoms with Gasteiger partial charge in [-0.2, -0.15) is 6.42 Å². The predicted octanol–water partition coefficient (Wildman–Crippen LogP) is -0.172. The fraction of sp³-hybridized carbons (Fsp3) is 0.800. The van der Waals surface area contributed by atoms with E-state index >= 15 is 0 Å². The van der Waals surface area contributed by atoms with Gasteiger partial charge in [-0.25, -0.2) is 8.42 Å². The van der Waals surface area contributed by atoms with Crippen LogP contribution in [0.15, 0.2) is 0 Å². The van der Waals surface area contributed by atoms with E-state index in [1.807, 2.05) is 0 Å². The molecule has 2 N–H and O–H groups in total. The van der Waals surface area contributed by atoms with Crippen LogP contribution in [0.2, 0.25) is 0 Å². The molecule has 0 heterocycles. The Labute approximate surface area is 88.6 Å². The first kappa shape index (κ1) is 17.2. The minimum atomic E-state index is -2.67. The molecule has 0 aromatic heterocycles. The molecule has 10 heavy (non-hydrogen) atoms. The Morgan fingerprint density at radius 2 is 1.50 bits per heavy atom. The van der Waals surface area contributed by atoms with Gasteiger partial charge >= 0.3 is 0 Å². The largest absolute Gasteiger partial charge is 0.342 e. The van der Waals surface area contributed by atoms with Crippen molar-refractivity contribution in [2.45, 2.75) is 6.42 Å². The molecule has 0 atom stereocenters. The maximum absolute atomic E-state index is 9.63. The summed E-state index contributed by atoms with van der Waals surface area (Å²) in [5.41, 5.74) is 4.97. The third kappa shape index (κ3) is 143. The van der Waals surface area contributed by atoms with Crippen LogP contribution in [0.3, 0.4) is 0 Å². The minimum Gasteiger partial charge on any atom is -0.342 e. The van der Waals surface area contributed by atoms with E-state index in [2.05, 4.69) is 6.92 Å². The molecule has 1 radical (unpaired) electrons. The van der Waals surface area contributed by atoms with Crippen LogP contribution < -0.4 is 5.73 Å². The molecule has 0 spiro atoms. The fourth-order valence-corrected chi connectivity index (χ4v) is 0. The standard InChI is InChI=1S/C3H8N.C2H6O2S.Y/c1-2-3-4;1-5(2,3)4;/h1-4H2;1-2H3;/q-1;;. The van der Waals surface area contributed by atoms with Crippen molar-refractivity contribution in [3.8, 4) is 0 Å². The van der Waals surface area contributed by atoms with E-state index in [0.29, 0.717) is 6.54 Å². The Balaban J connectivity index is -0.0000000910. The van der Waals surface area contributed by atoms with Gasteiger partial charge < -0.3 is 12.7 Å². The van der Waals surface area contributed by atoms with E-state index in [0.717, 1.165) is 18.9 Å². The molecule has 5 heteroatoms. The molecular weight excluding hydrogens is 227 g/mol. The van der Waals surface area contributed by atoms with Gasteiger partial charge in [-0.1, -0.05) is 0 Å². The predicted molar refractivity (Wildman–Crippen MR) is 39.8 cm³/mol. The molecule has 0 aliphatic rings.